The second-order valence-electron chi connectivity index (χ2n) is 6.45. The van der Waals surface area contributed by atoms with Gasteiger partial charge in [0.15, 0.2) is 0 Å². The number of carbonyl (C=O) groups is 1. The second kappa shape index (κ2) is 9.53. The van der Waals surface area contributed by atoms with Crippen molar-refractivity contribution in [1.82, 2.24) is 10.2 Å². The van der Waals surface area contributed by atoms with Crippen LogP contribution in [0.2, 0.25) is 5.02 Å². The van der Waals surface area contributed by atoms with Gasteiger partial charge in [-0.05, 0) is 42.0 Å². The highest BCUT2D eigenvalue weighted by atomic mass is 35.5. The van der Waals surface area contributed by atoms with E-state index in [1.54, 1.807) is 12.1 Å². The molecule has 0 radical (unpaired) electrons. The normalized spacial score (nSPS) is 15.3. The lowest BCUT2D eigenvalue weighted by atomic mass is 10.2. The molecule has 1 saturated heterocycles. The smallest absolute Gasteiger partial charge is 0.244 e. The number of hydrogen-bond acceptors (Lipinski definition) is 3. The Bertz CT molecular complexity index is 786. The van der Waals surface area contributed by atoms with Crippen LogP contribution in [0.25, 0.3) is 6.08 Å². The van der Waals surface area contributed by atoms with Gasteiger partial charge in [-0.25, -0.2) is 4.39 Å². The van der Waals surface area contributed by atoms with Crippen molar-refractivity contribution in [3.05, 3.63) is 71.0 Å². The number of piperazine rings is 1. The van der Waals surface area contributed by atoms with Crippen LogP contribution in [-0.4, -0.2) is 50.1 Å². The van der Waals surface area contributed by atoms with Gasteiger partial charge in [0, 0.05) is 56.1 Å². The van der Waals surface area contributed by atoms with E-state index in [0.29, 0.717) is 11.6 Å². The van der Waals surface area contributed by atoms with E-state index in [0.717, 1.165) is 44.0 Å². The van der Waals surface area contributed by atoms with Gasteiger partial charge in [0.05, 0.1) is 0 Å². The summed E-state index contributed by atoms with van der Waals surface area (Å²) in [7, 11) is 0. The molecule has 0 saturated carbocycles. The molecule has 6 heteroatoms. The lowest BCUT2D eigenvalue weighted by molar-refractivity contribution is -0.116. The number of nitrogens with one attached hydrogen (secondary N) is 1. The summed E-state index contributed by atoms with van der Waals surface area (Å²) in [4.78, 5) is 16.5. The first-order valence-corrected chi connectivity index (χ1v) is 9.43. The van der Waals surface area contributed by atoms with Crippen LogP contribution in [0.5, 0.6) is 0 Å². The van der Waals surface area contributed by atoms with E-state index in [4.69, 9.17) is 11.6 Å². The van der Waals surface area contributed by atoms with Crippen molar-refractivity contribution in [2.75, 3.05) is 44.2 Å². The first-order chi connectivity index (χ1) is 13.1. The molecule has 0 spiro atoms. The summed E-state index contributed by atoms with van der Waals surface area (Å²) in [6.07, 6.45) is 3.23. The molecule has 1 aliphatic rings. The molecule has 27 heavy (non-hydrogen) atoms. The van der Waals surface area contributed by atoms with E-state index in [1.807, 2.05) is 30.3 Å². The maximum Gasteiger partial charge on any atom is 0.244 e. The predicted octanol–water partition coefficient (Wildman–Crippen LogP) is 3.43. The second-order valence-corrected chi connectivity index (χ2v) is 6.86. The Balaban J connectivity index is 1.37. The molecule has 142 valence electrons. The minimum atomic E-state index is -0.211. The predicted molar refractivity (Wildman–Crippen MR) is 109 cm³/mol. The molecule has 3 rings (SSSR count). The van der Waals surface area contributed by atoms with E-state index < -0.39 is 0 Å². The fourth-order valence-corrected chi connectivity index (χ4v) is 3.25. The third-order valence-corrected chi connectivity index (χ3v) is 4.96. The lowest BCUT2D eigenvalue weighted by Gasteiger charge is -2.36. The summed E-state index contributed by atoms with van der Waals surface area (Å²) in [6.45, 7) is 5.04. The van der Waals surface area contributed by atoms with Crippen LogP contribution >= 0.6 is 11.6 Å². The zero-order chi connectivity index (χ0) is 19.1. The summed E-state index contributed by atoms with van der Waals surface area (Å²) >= 11 is 6.07. The molecular weight excluding hydrogens is 365 g/mol. The Morgan fingerprint density at radius 2 is 1.78 bits per heavy atom. The number of carbonyl (C=O) groups excluding carboxylic acids is 1. The zero-order valence-corrected chi connectivity index (χ0v) is 15.8. The molecule has 0 aliphatic carbocycles. The Hall–Kier alpha value is -2.37. The van der Waals surface area contributed by atoms with Crippen LogP contribution in [0.4, 0.5) is 10.1 Å². The van der Waals surface area contributed by atoms with E-state index >= 15 is 0 Å². The average Bonchev–Trinajstić information content (AvgIpc) is 2.69. The number of rotatable bonds is 6. The van der Waals surface area contributed by atoms with Gasteiger partial charge in [-0.2, -0.15) is 0 Å². The monoisotopic (exact) mass is 387 g/mol. The largest absolute Gasteiger partial charge is 0.369 e. The summed E-state index contributed by atoms with van der Waals surface area (Å²) in [6, 6.07) is 14.0. The Morgan fingerprint density at radius 1 is 1.07 bits per heavy atom. The van der Waals surface area contributed by atoms with Crippen molar-refractivity contribution in [2.45, 2.75) is 0 Å². The standard InChI is InChI=1S/C21H23ClFN3O/c22-20-4-2-1-3-17(20)5-10-21(27)24-11-12-25-13-15-26(16-14-25)19-8-6-18(23)7-9-19/h1-10H,11-16H2,(H,24,27)/b10-5+. The molecule has 1 heterocycles. The maximum atomic E-state index is 13.0. The summed E-state index contributed by atoms with van der Waals surface area (Å²) < 4.78 is 13.0. The van der Waals surface area contributed by atoms with Crippen molar-refractivity contribution in [3.63, 3.8) is 0 Å². The number of hydrogen-bond donors (Lipinski definition) is 1. The molecule has 1 amide bonds. The van der Waals surface area contributed by atoms with Crippen molar-refractivity contribution in [3.8, 4) is 0 Å². The molecule has 1 fully saturated rings. The van der Waals surface area contributed by atoms with E-state index in [1.165, 1.54) is 18.2 Å². The van der Waals surface area contributed by atoms with Crippen LogP contribution in [-0.2, 0) is 4.79 Å². The molecule has 2 aromatic rings. The lowest BCUT2D eigenvalue weighted by Crippen LogP contribution is -2.48. The summed E-state index contributed by atoms with van der Waals surface area (Å²) in [5, 5.41) is 3.53. The molecule has 1 N–H and O–H groups in total. The molecule has 2 aromatic carbocycles. The number of benzene rings is 2. The van der Waals surface area contributed by atoms with Gasteiger partial charge in [0.25, 0.3) is 0 Å². The van der Waals surface area contributed by atoms with Gasteiger partial charge in [0.1, 0.15) is 5.82 Å². The third kappa shape index (κ3) is 5.81. The van der Waals surface area contributed by atoms with Crippen LogP contribution in [0.3, 0.4) is 0 Å². The summed E-state index contributed by atoms with van der Waals surface area (Å²) in [5.41, 5.74) is 1.88. The fraction of sp³-hybridized carbons (Fsp3) is 0.286. The first-order valence-electron chi connectivity index (χ1n) is 9.05. The average molecular weight is 388 g/mol. The highest BCUT2D eigenvalue weighted by molar-refractivity contribution is 6.32. The molecule has 1 aliphatic heterocycles. The van der Waals surface area contributed by atoms with Crippen molar-refractivity contribution in [2.24, 2.45) is 0 Å². The van der Waals surface area contributed by atoms with Gasteiger partial charge in [-0.1, -0.05) is 29.8 Å². The Morgan fingerprint density at radius 3 is 2.48 bits per heavy atom. The number of halogens is 2. The molecule has 0 aromatic heterocycles. The van der Waals surface area contributed by atoms with Gasteiger partial charge in [-0.3, -0.25) is 9.69 Å². The van der Waals surface area contributed by atoms with Crippen molar-refractivity contribution in [1.29, 1.82) is 0 Å². The van der Waals surface area contributed by atoms with Crippen LogP contribution in [0, 0.1) is 5.82 Å². The zero-order valence-electron chi connectivity index (χ0n) is 15.1. The summed E-state index contributed by atoms with van der Waals surface area (Å²) in [5.74, 6) is -0.336. The molecule has 0 unspecified atom stereocenters. The van der Waals surface area contributed by atoms with E-state index in [2.05, 4.69) is 15.1 Å². The first kappa shape index (κ1) is 19.4. The van der Waals surface area contributed by atoms with Crippen molar-refractivity contribution >= 4 is 29.3 Å². The molecule has 0 atom stereocenters. The number of anilines is 1. The van der Waals surface area contributed by atoms with Crippen LogP contribution < -0.4 is 10.2 Å². The number of nitrogens with zero attached hydrogens (tertiary/aromatic N) is 2. The fourth-order valence-electron chi connectivity index (χ4n) is 3.05. The topological polar surface area (TPSA) is 35.6 Å². The minimum absolute atomic E-state index is 0.125. The van der Waals surface area contributed by atoms with Gasteiger partial charge >= 0.3 is 0 Å². The van der Waals surface area contributed by atoms with Gasteiger partial charge in [0.2, 0.25) is 5.91 Å². The van der Waals surface area contributed by atoms with Crippen LogP contribution in [0.15, 0.2) is 54.6 Å². The van der Waals surface area contributed by atoms with Gasteiger partial charge < -0.3 is 10.2 Å². The van der Waals surface area contributed by atoms with E-state index in [-0.39, 0.29) is 11.7 Å². The SMILES string of the molecule is O=C(/C=C/c1ccccc1Cl)NCCN1CCN(c2ccc(F)cc2)CC1. The third-order valence-electron chi connectivity index (χ3n) is 4.61. The Kier molecular flexibility index (Phi) is 6.85. The Labute approximate surface area is 164 Å². The van der Waals surface area contributed by atoms with Gasteiger partial charge in [-0.15, -0.1) is 0 Å². The highest BCUT2D eigenvalue weighted by Gasteiger charge is 2.16. The minimum Gasteiger partial charge on any atom is -0.369 e. The van der Waals surface area contributed by atoms with Crippen molar-refractivity contribution < 1.29 is 9.18 Å². The highest BCUT2D eigenvalue weighted by Crippen LogP contribution is 2.17. The van der Waals surface area contributed by atoms with E-state index in [9.17, 15) is 9.18 Å². The molecule has 4 nitrogen and oxygen atoms in total. The molecular formula is C21H23ClFN3O. The quantitative estimate of drug-likeness (QED) is 0.771. The van der Waals surface area contributed by atoms with Crippen LogP contribution in [0.1, 0.15) is 5.56 Å². The maximum absolute atomic E-state index is 13.0. The molecule has 0 bridgehead atoms. The number of amides is 1.